The minimum absolute atomic E-state index is 0.0264. The topological polar surface area (TPSA) is 41.1 Å². The second-order valence-electron chi connectivity index (χ2n) is 4.00. The number of rotatable bonds is 0. The molecule has 0 unspecified atom stereocenters. The van der Waals surface area contributed by atoms with Crippen molar-refractivity contribution < 1.29 is 13.2 Å². The van der Waals surface area contributed by atoms with Gasteiger partial charge in [0, 0.05) is 0 Å². The first-order valence-electron chi connectivity index (χ1n) is 5.40. The largest absolute Gasteiger partial charge is 0.431 e. The van der Waals surface area contributed by atoms with Gasteiger partial charge in [-0.2, -0.15) is 18.4 Å². The predicted octanol–water partition coefficient (Wildman–Crippen LogP) is 3.38. The van der Waals surface area contributed by atoms with Crippen LogP contribution in [0.3, 0.4) is 0 Å². The van der Waals surface area contributed by atoms with Crippen LogP contribution in [0, 0.1) is 11.3 Å². The molecule has 1 aromatic carbocycles. The van der Waals surface area contributed by atoms with Crippen LogP contribution < -0.4 is 0 Å². The Bertz CT molecular complexity index is 825. The summed E-state index contributed by atoms with van der Waals surface area (Å²) in [5.41, 5.74) is 0.0653. The fraction of sp³-hybridized carbons (Fsp3) is 0.0769. The fourth-order valence-electron chi connectivity index (χ4n) is 2.07. The third-order valence-corrected chi connectivity index (χ3v) is 2.86. The van der Waals surface area contributed by atoms with Crippen LogP contribution in [0.5, 0.6) is 0 Å². The van der Waals surface area contributed by atoms with Crippen LogP contribution in [0.4, 0.5) is 13.2 Å². The first-order chi connectivity index (χ1) is 9.02. The van der Waals surface area contributed by atoms with E-state index in [2.05, 4.69) is 4.98 Å². The Labute approximate surface area is 105 Å². The molecule has 0 amide bonds. The van der Waals surface area contributed by atoms with Crippen LogP contribution in [-0.4, -0.2) is 9.38 Å². The highest BCUT2D eigenvalue weighted by Crippen LogP contribution is 2.32. The molecule has 19 heavy (non-hydrogen) atoms. The van der Waals surface area contributed by atoms with Gasteiger partial charge in [-0.3, -0.25) is 4.40 Å². The Kier molecular flexibility index (Phi) is 2.26. The highest BCUT2D eigenvalue weighted by molar-refractivity contribution is 5.82. The number of fused-ring (bicyclic) bond motifs is 3. The van der Waals surface area contributed by atoms with Gasteiger partial charge in [-0.15, -0.1) is 0 Å². The molecule has 2 heterocycles. The third kappa shape index (κ3) is 1.63. The molecule has 3 rings (SSSR count). The van der Waals surface area contributed by atoms with Crippen molar-refractivity contribution in [3.63, 3.8) is 0 Å². The number of pyridine rings is 1. The summed E-state index contributed by atoms with van der Waals surface area (Å²) in [5, 5.41) is 8.97. The molecule has 0 spiro atoms. The Morgan fingerprint density at radius 3 is 2.53 bits per heavy atom. The van der Waals surface area contributed by atoms with Gasteiger partial charge in [-0.25, -0.2) is 4.98 Å². The van der Waals surface area contributed by atoms with Gasteiger partial charge in [-0.05, 0) is 24.3 Å². The second kappa shape index (κ2) is 3.72. The lowest BCUT2D eigenvalue weighted by Crippen LogP contribution is -2.11. The van der Waals surface area contributed by atoms with Crippen LogP contribution >= 0.6 is 0 Å². The Balaban J connectivity index is 2.58. The van der Waals surface area contributed by atoms with E-state index in [9.17, 15) is 13.2 Å². The smallest absolute Gasteiger partial charge is 0.287 e. The van der Waals surface area contributed by atoms with Gasteiger partial charge in [0.2, 0.25) is 0 Å². The van der Waals surface area contributed by atoms with Gasteiger partial charge in [0.1, 0.15) is 11.8 Å². The molecule has 0 atom stereocenters. The lowest BCUT2D eigenvalue weighted by molar-refractivity contribution is -0.141. The summed E-state index contributed by atoms with van der Waals surface area (Å²) in [5.74, 6) is 0. The van der Waals surface area contributed by atoms with Gasteiger partial charge in [0.25, 0.3) is 0 Å². The van der Waals surface area contributed by atoms with E-state index in [0.717, 1.165) is 16.5 Å². The Morgan fingerprint density at radius 2 is 1.84 bits per heavy atom. The average molecular weight is 261 g/mol. The quantitative estimate of drug-likeness (QED) is 0.622. The van der Waals surface area contributed by atoms with Crippen LogP contribution in [-0.2, 0) is 6.18 Å². The summed E-state index contributed by atoms with van der Waals surface area (Å²) in [7, 11) is 0. The summed E-state index contributed by atoms with van der Waals surface area (Å²) >= 11 is 0. The molecule has 0 aliphatic carbocycles. The molecule has 3 nitrogen and oxygen atoms in total. The molecule has 94 valence electrons. The van der Waals surface area contributed by atoms with Crippen molar-refractivity contribution >= 4 is 16.7 Å². The molecular weight excluding hydrogens is 255 g/mol. The van der Waals surface area contributed by atoms with E-state index in [-0.39, 0.29) is 11.2 Å². The number of nitrogens with zero attached hydrogens (tertiary/aromatic N) is 3. The number of para-hydroxylation sites is 2. The van der Waals surface area contributed by atoms with Gasteiger partial charge in [0.15, 0.2) is 5.65 Å². The van der Waals surface area contributed by atoms with Crippen LogP contribution in [0.15, 0.2) is 36.4 Å². The van der Waals surface area contributed by atoms with Crippen molar-refractivity contribution in [3.05, 3.63) is 47.7 Å². The minimum atomic E-state index is -4.50. The van der Waals surface area contributed by atoms with Crippen molar-refractivity contribution in [2.24, 2.45) is 0 Å². The van der Waals surface area contributed by atoms with Gasteiger partial charge in [0.05, 0.1) is 16.6 Å². The highest BCUT2D eigenvalue weighted by atomic mass is 19.4. The molecule has 0 fully saturated rings. The first kappa shape index (κ1) is 11.5. The number of alkyl halides is 3. The van der Waals surface area contributed by atoms with E-state index in [4.69, 9.17) is 5.26 Å². The summed E-state index contributed by atoms with van der Waals surface area (Å²) in [6.07, 6.45) is -4.50. The SMILES string of the molecule is N#Cc1ccc(C(F)(F)F)n2c1nc1ccccc12. The van der Waals surface area contributed by atoms with Crippen LogP contribution in [0.1, 0.15) is 11.3 Å². The third-order valence-electron chi connectivity index (χ3n) is 2.86. The zero-order valence-corrected chi connectivity index (χ0v) is 9.44. The molecule has 0 aliphatic heterocycles. The number of imidazole rings is 1. The van der Waals surface area contributed by atoms with Crippen molar-refractivity contribution in [2.45, 2.75) is 6.18 Å². The maximum atomic E-state index is 13.0. The van der Waals surface area contributed by atoms with Crippen molar-refractivity contribution in [1.29, 1.82) is 5.26 Å². The number of halogens is 3. The van der Waals surface area contributed by atoms with E-state index >= 15 is 0 Å². The van der Waals surface area contributed by atoms with Crippen LogP contribution in [0.25, 0.3) is 16.7 Å². The van der Waals surface area contributed by atoms with Crippen molar-refractivity contribution in [3.8, 4) is 6.07 Å². The molecule has 0 aliphatic rings. The molecular formula is C13H6F3N3. The second-order valence-corrected chi connectivity index (χ2v) is 4.00. The zero-order chi connectivity index (χ0) is 13.6. The Hall–Kier alpha value is -2.55. The number of aromatic nitrogens is 2. The zero-order valence-electron chi connectivity index (χ0n) is 9.44. The predicted molar refractivity (Wildman–Crippen MR) is 62.4 cm³/mol. The van der Waals surface area contributed by atoms with Gasteiger partial charge < -0.3 is 0 Å². The molecule has 0 radical (unpaired) electrons. The van der Waals surface area contributed by atoms with E-state index in [1.807, 2.05) is 6.07 Å². The lowest BCUT2D eigenvalue weighted by Gasteiger charge is -2.10. The molecule has 6 heteroatoms. The lowest BCUT2D eigenvalue weighted by atomic mass is 10.2. The Morgan fingerprint density at radius 1 is 1.11 bits per heavy atom. The van der Waals surface area contributed by atoms with E-state index in [1.54, 1.807) is 24.3 Å². The monoisotopic (exact) mass is 261 g/mol. The van der Waals surface area contributed by atoms with E-state index < -0.39 is 11.9 Å². The average Bonchev–Trinajstić information content (AvgIpc) is 2.75. The minimum Gasteiger partial charge on any atom is -0.287 e. The number of nitriles is 1. The summed E-state index contributed by atoms with van der Waals surface area (Å²) in [4.78, 5) is 4.10. The molecule has 0 N–H and O–H groups in total. The number of benzene rings is 1. The maximum absolute atomic E-state index is 13.0. The van der Waals surface area contributed by atoms with E-state index in [0.29, 0.717) is 11.0 Å². The highest BCUT2D eigenvalue weighted by Gasteiger charge is 2.34. The normalized spacial score (nSPS) is 11.9. The first-order valence-corrected chi connectivity index (χ1v) is 5.40. The van der Waals surface area contributed by atoms with E-state index in [1.165, 1.54) is 0 Å². The number of hydrogen-bond acceptors (Lipinski definition) is 2. The van der Waals surface area contributed by atoms with Crippen molar-refractivity contribution in [2.75, 3.05) is 0 Å². The van der Waals surface area contributed by atoms with Crippen LogP contribution in [0.2, 0.25) is 0 Å². The molecule has 3 aromatic rings. The molecule has 0 saturated heterocycles. The summed E-state index contributed by atoms with van der Waals surface area (Å²) in [6, 6.07) is 10.4. The molecule has 0 bridgehead atoms. The fourth-order valence-corrected chi connectivity index (χ4v) is 2.07. The maximum Gasteiger partial charge on any atom is 0.431 e. The number of hydrogen-bond donors (Lipinski definition) is 0. The summed E-state index contributed by atoms with van der Waals surface area (Å²) < 4.78 is 40.1. The van der Waals surface area contributed by atoms with Crippen molar-refractivity contribution in [1.82, 2.24) is 9.38 Å². The molecule has 0 saturated carbocycles. The van der Waals surface area contributed by atoms with Gasteiger partial charge in [-0.1, -0.05) is 12.1 Å². The standard InChI is InChI=1S/C13H6F3N3/c14-13(15,16)11-6-5-8(7-17)12-18-9-3-1-2-4-10(9)19(11)12/h1-6H. The molecule has 2 aromatic heterocycles. The summed E-state index contributed by atoms with van der Waals surface area (Å²) in [6.45, 7) is 0. The van der Waals surface area contributed by atoms with Gasteiger partial charge >= 0.3 is 6.18 Å².